The van der Waals surface area contributed by atoms with Crippen molar-refractivity contribution in [2.75, 3.05) is 0 Å². The number of Topliss-reactive ketones (excluding diaryl/α,β-unsaturated/α-hetero) is 1. The maximum absolute atomic E-state index is 13.2. The third kappa shape index (κ3) is 2.42. The van der Waals surface area contributed by atoms with Gasteiger partial charge in [0.15, 0.2) is 0 Å². The van der Waals surface area contributed by atoms with Crippen molar-refractivity contribution in [2.24, 2.45) is 0 Å². The van der Waals surface area contributed by atoms with Gasteiger partial charge in [0.25, 0.3) is 0 Å². The highest BCUT2D eigenvalue weighted by Gasteiger charge is 2.50. The van der Waals surface area contributed by atoms with Crippen LogP contribution >= 0.6 is 15.9 Å². The molecule has 0 unspecified atom stereocenters. The summed E-state index contributed by atoms with van der Waals surface area (Å²) in [7, 11) is 0. The molecule has 0 saturated heterocycles. The summed E-state index contributed by atoms with van der Waals surface area (Å²) in [5.41, 5.74) is 1.65. The van der Waals surface area contributed by atoms with Crippen LogP contribution in [0.1, 0.15) is 24.0 Å². The Morgan fingerprint density at radius 1 is 1.15 bits per heavy atom. The van der Waals surface area contributed by atoms with E-state index in [1.807, 2.05) is 30.3 Å². The Kier molecular flexibility index (Phi) is 3.47. The number of hydrogen-bond donors (Lipinski definition) is 0. The SMILES string of the molecule is O=C(Cc1ccc(F)c(Br)c1)C1(c2ccccc2)CC1. The topological polar surface area (TPSA) is 17.1 Å². The molecule has 1 aliphatic carbocycles. The van der Waals surface area contributed by atoms with Crippen molar-refractivity contribution in [2.45, 2.75) is 24.7 Å². The fourth-order valence-electron chi connectivity index (χ4n) is 2.61. The Morgan fingerprint density at radius 2 is 1.85 bits per heavy atom. The van der Waals surface area contributed by atoms with Gasteiger partial charge in [-0.15, -0.1) is 0 Å². The maximum atomic E-state index is 13.2. The second-order valence-corrected chi connectivity index (χ2v) is 6.15. The molecule has 1 fully saturated rings. The molecule has 2 aromatic carbocycles. The largest absolute Gasteiger partial charge is 0.298 e. The van der Waals surface area contributed by atoms with E-state index in [9.17, 15) is 9.18 Å². The highest BCUT2D eigenvalue weighted by Crippen LogP contribution is 2.49. The summed E-state index contributed by atoms with van der Waals surface area (Å²) in [6, 6.07) is 14.7. The Bertz CT molecular complexity index is 647. The second-order valence-electron chi connectivity index (χ2n) is 5.30. The zero-order valence-corrected chi connectivity index (χ0v) is 12.5. The fourth-order valence-corrected chi connectivity index (χ4v) is 3.04. The van der Waals surface area contributed by atoms with Gasteiger partial charge in [-0.1, -0.05) is 36.4 Å². The quantitative estimate of drug-likeness (QED) is 0.809. The molecule has 1 aliphatic rings. The van der Waals surface area contributed by atoms with E-state index in [0.29, 0.717) is 10.9 Å². The number of ketones is 1. The van der Waals surface area contributed by atoms with Crippen molar-refractivity contribution in [3.63, 3.8) is 0 Å². The van der Waals surface area contributed by atoms with Crippen molar-refractivity contribution >= 4 is 21.7 Å². The van der Waals surface area contributed by atoms with Gasteiger partial charge in [-0.2, -0.15) is 0 Å². The summed E-state index contributed by atoms with van der Waals surface area (Å²) in [6.07, 6.45) is 2.18. The molecule has 102 valence electrons. The van der Waals surface area contributed by atoms with Crippen LogP contribution in [0.3, 0.4) is 0 Å². The molecule has 20 heavy (non-hydrogen) atoms. The van der Waals surface area contributed by atoms with Gasteiger partial charge in [0, 0.05) is 6.42 Å². The average Bonchev–Trinajstić information content (AvgIpc) is 3.26. The third-order valence-electron chi connectivity index (χ3n) is 3.96. The summed E-state index contributed by atoms with van der Waals surface area (Å²) in [5.74, 6) is -0.0763. The molecule has 0 bridgehead atoms. The summed E-state index contributed by atoms with van der Waals surface area (Å²) < 4.78 is 13.6. The first kappa shape index (κ1) is 13.5. The molecular formula is C17H14BrFO. The second kappa shape index (κ2) is 5.13. The monoisotopic (exact) mass is 332 g/mol. The van der Waals surface area contributed by atoms with Crippen LogP contribution in [0.2, 0.25) is 0 Å². The standard InChI is InChI=1S/C17H14BrFO/c18-14-10-12(6-7-15(14)19)11-16(20)17(8-9-17)13-4-2-1-3-5-13/h1-7,10H,8-9,11H2. The number of benzene rings is 2. The van der Waals surface area contributed by atoms with Crippen molar-refractivity contribution in [1.29, 1.82) is 0 Å². The van der Waals surface area contributed by atoms with Crippen LogP contribution in [0.5, 0.6) is 0 Å². The normalized spacial score (nSPS) is 15.9. The van der Waals surface area contributed by atoms with Crippen LogP contribution in [-0.4, -0.2) is 5.78 Å². The van der Waals surface area contributed by atoms with Crippen LogP contribution in [0, 0.1) is 5.82 Å². The van der Waals surface area contributed by atoms with Crippen LogP contribution in [-0.2, 0) is 16.6 Å². The molecule has 1 nitrogen and oxygen atoms in total. The van der Waals surface area contributed by atoms with Crippen LogP contribution in [0.4, 0.5) is 4.39 Å². The summed E-state index contributed by atoms with van der Waals surface area (Å²) >= 11 is 3.16. The molecule has 1 saturated carbocycles. The molecule has 0 heterocycles. The van der Waals surface area contributed by atoms with E-state index in [1.54, 1.807) is 12.1 Å². The molecule has 0 amide bonds. The van der Waals surface area contributed by atoms with E-state index in [4.69, 9.17) is 0 Å². The lowest BCUT2D eigenvalue weighted by Crippen LogP contribution is -2.22. The minimum atomic E-state index is -0.303. The zero-order chi connectivity index (χ0) is 14.2. The molecule has 0 spiro atoms. The first-order valence-corrected chi connectivity index (χ1v) is 7.44. The maximum Gasteiger partial charge on any atom is 0.147 e. The van der Waals surface area contributed by atoms with Gasteiger partial charge in [-0.05, 0) is 52.0 Å². The Labute approximate surface area is 126 Å². The van der Waals surface area contributed by atoms with Crippen LogP contribution in [0.25, 0.3) is 0 Å². The molecule has 3 rings (SSSR count). The number of carbonyl (C=O) groups is 1. The molecule has 0 radical (unpaired) electrons. The van der Waals surface area contributed by atoms with E-state index < -0.39 is 0 Å². The smallest absolute Gasteiger partial charge is 0.147 e. The van der Waals surface area contributed by atoms with Gasteiger partial charge in [0.05, 0.1) is 9.89 Å². The third-order valence-corrected chi connectivity index (χ3v) is 4.57. The van der Waals surface area contributed by atoms with E-state index >= 15 is 0 Å². The molecule has 0 aromatic heterocycles. The van der Waals surface area contributed by atoms with Gasteiger partial charge in [-0.25, -0.2) is 4.39 Å². The fraction of sp³-hybridized carbons (Fsp3) is 0.235. The van der Waals surface area contributed by atoms with E-state index in [2.05, 4.69) is 15.9 Å². The van der Waals surface area contributed by atoms with Crippen molar-refractivity contribution in [3.05, 3.63) is 69.9 Å². The lowest BCUT2D eigenvalue weighted by atomic mass is 9.88. The molecule has 0 aliphatic heterocycles. The first-order chi connectivity index (χ1) is 9.62. The highest BCUT2D eigenvalue weighted by atomic mass is 79.9. The van der Waals surface area contributed by atoms with Crippen molar-refractivity contribution < 1.29 is 9.18 Å². The number of halogens is 2. The minimum absolute atomic E-state index is 0.224. The predicted octanol–water partition coefficient (Wildman–Crippen LogP) is 4.43. The lowest BCUT2D eigenvalue weighted by Gasteiger charge is -2.14. The molecule has 0 atom stereocenters. The first-order valence-electron chi connectivity index (χ1n) is 6.65. The Morgan fingerprint density at radius 3 is 2.45 bits per heavy atom. The molecule has 2 aromatic rings. The average molecular weight is 333 g/mol. The van der Waals surface area contributed by atoms with Gasteiger partial charge >= 0.3 is 0 Å². The van der Waals surface area contributed by atoms with Gasteiger partial charge in [-0.3, -0.25) is 4.79 Å². The van der Waals surface area contributed by atoms with Gasteiger partial charge < -0.3 is 0 Å². The lowest BCUT2D eigenvalue weighted by molar-refractivity contribution is -0.120. The highest BCUT2D eigenvalue weighted by molar-refractivity contribution is 9.10. The van der Waals surface area contributed by atoms with Crippen LogP contribution < -0.4 is 0 Å². The van der Waals surface area contributed by atoms with Crippen molar-refractivity contribution in [1.82, 2.24) is 0 Å². The number of hydrogen-bond acceptors (Lipinski definition) is 1. The van der Waals surface area contributed by atoms with E-state index in [0.717, 1.165) is 24.0 Å². The zero-order valence-electron chi connectivity index (χ0n) is 10.9. The van der Waals surface area contributed by atoms with E-state index in [1.165, 1.54) is 6.07 Å². The molecular weight excluding hydrogens is 319 g/mol. The molecule has 0 N–H and O–H groups in total. The van der Waals surface area contributed by atoms with Crippen molar-refractivity contribution in [3.8, 4) is 0 Å². The minimum Gasteiger partial charge on any atom is -0.298 e. The predicted molar refractivity (Wildman–Crippen MR) is 80.2 cm³/mol. The summed E-state index contributed by atoms with van der Waals surface area (Å²) in [6.45, 7) is 0. The summed E-state index contributed by atoms with van der Waals surface area (Å²) in [5, 5.41) is 0. The van der Waals surface area contributed by atoms with E-state index in [-0.39, 0.29) is 17.0 Å². The Hall–Kier alpha value is -1.48. The molecule has 3 heteroatoms. The number of rotatable bonds is 4. The van der Waals surface area contributed by atoms with Gasteiger partial charge in [0.1, 0.15) is 11.6 Å². The summed E-state index contributed by atoms with van der Waals surface area (Å²) in [4.78, 5) is 12.6. The van der Waals surface area contributed by atoms with Crippen LogP contribution in [0.15, 0.2) is 53.0 Å². The number of carbonyl (C=O) groups excluding carboxylic acids is 1. The Balaban J connectivity index is 1.81. The van der Waals surface area contributed by atoms with Gasteiger partial charge in [0.2, 0.25) is 0 Å².